The number of nitrogens with two attached hydrogens (primary N) is 1. The summed E-state index contributed by atoms with van der Waals surface area (Å²) in [6, 6.07) is 0. The van der Waals surface area contributed by atoms with Gasteiger partial charge in [-0.25, -0.2) is 4.79 Å². The summed E-state index contributed by atoms with van der Waals surface area (Å²) in [7, 11) is 0. The lowest BCUT2D eigenvalue weighted by molar-refractivity contribution is -0.140. The second kappa shape index (κ2) is 5.91. The van der Waals surface area contributed by atoms with Gasteiger partial charge in [0.1, 0.15) is 12.3 Å². The van der Waals surface area contributed by atoms with Crippen molar-refractivity contribution in [2.24, 2.45) is 0 Å². The zero-order valence-electron chi connectivity index (χ0n) is 6.66. The van der Waals surface area contributed by atoms with Crippen LogP contribution in [0.15, 0.2) is 6.20 Å². The number of carbonyl (C=O) groups is 1. The lowest BCUT2D eigenvalue weighted by atomic mass is 10.5. The molecule has 0 saturated heterocycles. The number of hydrogen-bond donors (Lipinski definition) is 4. The quantitative estimate of drug-likeness (QED) is 0.380. The lowest BCUT2D eigenvalue weighted by Gasteiger charge is -1.79. The second-order valence-corrected chi connectivity index (χ2v) is 1.90. The molecule has 8 heteroatoms. The first-order valence-electron chi connectivity index (χ1n) is 3.20. The van der Waals surface area contributed by atoms with Crippen LogP contribution in [0.5, 0.6) is 0 Å². The Morgan fingerprint density at radius 2 is 2.15 bits per heavy atom. The van der Waals surface area contributed by atoms with Gasteiger partial charge in [-0.05, 0) is 5.21 Å². The van der Waals surface area contributed by atoms with Crippen LogP contribution in [0.1, 0.15) is 5.69 Å². The molecule has 1 aromatic heterocycles. The summed E-state index contributed by atoms with van der Waals surface area (Å²) >= 11 is 0. The Morgan fingerprint density at radius 3 is 2.31 bits per heavy atom. The Balaban J connectivity index is 0.000000252. The van der Waals surface area contributed by atoms with Crippen LogP contribution in [0.3, 0.4) is 0 Å². The standard InChI is InChI=1S/C3H6N4O.C2H4O3/c4-7-1-3(2-8)5-6-7;3-1-2(4)5/h1,8H,2,4H2;3H,1H2,(H,4,5). The number of nitrogens with zero attached hydrogens (tertiary/aromatic N) is 3. The van der Waals surface area contributed by atoms with Crippen LogP contribution in [-0.2, 0) is 11.4 Å². The van der Waals surface area contributed by atoms with Gasteiger partial charge >= 0.3 is 5.97 Å². The van der Waals surface area contributed by atoms with Crippen molar-refractivity contribution in [1.29, 1.82) is 0 Å². The van der Waals surface area contributed by atoms with Gasteiger partial charge in [0, 0.05) is 0 Å². The fourth-order valence-corrected chi connectivity index (χ4v) is 0.386. The van der Waals surface area contributed by atoms with E-state index in [1.54, 1.807) is 0 Å². The van der Waals surface area contributed by atoms with Gasteiger partial charge in [0.25, 0.3) is 0 Å². The van der Waals surface area contributed by atoms with E-state index in [1.807, 2.05) is 0 Å². The van der Waals surface area contributed by atoms with E-state index in [-0.39, 0.29) is 6.61 Å². The molecule has 1 aromatic rings. The molecule has 0 aliphatic carbocycles. The molecule has 0 saturated carbocycles. The molecule has 0 aliphatic rings. The number of rotatable bonds is 2. The number of aliphatic carboxylic acids is 1. The van der Waals surface area contributed by atoms with Crippen molar-refractivity contribution >= 4 is 5.97 Å². The molecule has 0 aliphatic heterocycles. The molecule has 1 heterocycles. The predicted octanol–water partition coefficient (Wildman–Crippen LogP) is -2.45. The van der Waals surface area contributed by atoms with E-state index in [0.717, 1.165) is 4.79 Å². The molecule has 0 amide bonds. The monoisotopic (exact) mass is 190 g/mol. The molecule has 1 rings (SSSR count). The van der Waals surface area contributed by atoms with E-state index in [9.17, 15) is 0 Å². The van der Waals surface area contributed by atoms with Crippen LogP contribution < -0.4 is 5.84 Å². The first kappa shape index (κ1) is 11.3. The summed E-state index contributed by atoms with van der Waals surface area (Å²) < 4.78 is 0. The van der Waals surface area contributed by atoms with Crippen LogP contribution >= 0.6 is 0 Å². The highest BCUT2D eigenvalue weighted by Gasteiger charge is 1.91. The highest BCUT2D eigenvalue weighted by molar-refractivity contribution is 5.67. The molecule has 0 radical (unpaired) electrons. The first-order valence-corrected chi connectivity index (χ1v) is 3.20. The summed E-state index contributed by atoms with van der Waals surface area (Å²) in [5.41, 5.74) is 0.479. The van der Waals surface area contributed by atoms with Crippen LogP contribution in [0, 0.1) is 0 Å². The molecule has 74 valence electrons. The maximum Gasteiger partial charge on any atom is 0.329 e. The third-order valence-electron chi connectivity index (χ3n) is 0.855. The predicted molar refractivity (Wildman–Crippen MR) is 40.8 cm³/mol. The van der Waals surface area contributed by atoms with Gasteiger partial charge in [-0.3, -0.25) is 0 Å². The third kappa shape index (κ3) is 5.58. The Morgan fingerprint density at radius 1 is 1.62 bits per heavy atom. The highest BCUT2D eigenvalue weighted by atomic mass is 16.4. The molecule has 0 fully saturated rings. The van der Waals surface area contributed by atoms with Gasteiger partial charge < -0.3 is 21.2 Å². The number of aliphatic hydroxyl groups is 2. The first-order chi connectivity index (χ1) is 6.10. The van der Waals surface area contributed by atoms with Crippen molar-refractivity contribution in [2.75, 3.05) is 12.4 Å². The number of aliphatic hydroxyl groups excluding tert-OH is 2. The molecule has 13 heavy (non-hydrogen) atoms. The van der Waals surface area contributed by atoms with E-state index in [4.69, 9.17) is 26.0 Å². The molecule has 0 unspecified atom stereocenters. The molecule has 0 aromatic carbocycles. The summed E-state index contributed by atoms with van der Waals surface area (Å²) in [6.07, 6.45) is 1.44. The normalized spacial score (nSPS) is 8.77. The average Bonchev–Trinajstić information content (AvgIpc) is 2.52. The Bertz CT molecular complexity index is 261. The minimum absolute atomic E-state index is 0.114. The van der Waals surface area contributed by atoms with Gasteiger partial charge in [0.15, 0.2) is 0 Å². The van der Waals surface area contributed by atoms with Crippen LogP contribution in [0.2, 0.25) is 0 Å². The van der Waals surface area contributed by atoms with Gasteiger partial charge in [-0.1, -0.05) is 0 Å². The fraction of sp³-hybridized carbons (Fsp3) is 0.400. The highest BCUT2D eigenvalue weighted by Crippen LogP contribution is 1.85. The molecule has 8 nitrogen and oxygen atoms in total. The van der Waals surface area contributed by atoms with Crippen molar-refractivity contribution < 1.29 is 20.1 Å². The van der Waals surface area contributed by atoms with Gasteiger partial charge in [0.2, 0.25) is 0 Å². The maximum absolute atomic E-state index is 9.12. The SMILES string of the molecule is Nn1cc(CO)nn1.O=C(O)CO. The minimum atomic E-state index is -1.19. The molecular formula is C5H10N4O4. The number of carboxylic acids is 1. The summed E-state index contributed by atoms with van der Waals surface area (Å²) in [5.74, 6) is 3.90. The van der Waals surface area contributed by atoms with Crippen LogP contribution in [0.25, 0.3) is 0 Å². The van der Waals surface area contributed by atoms with Gasteiger partial charge in [0.05, 0.1) is 12.8 Å². The van der Waals surface area contributed by atoms with Crippen LogP contribution in [0.4, 0.5) is 0 Å². The van der Waals surface area contributed by atoms with E-state index >= 15 is 0 Å². The fourth-order valence-electron chi connectivity index (χ4n) is 0.386. The van der Waals surface area contributed by atoms with Gasteiger partial charge in [-0.2, -0.15) is 4.79 Å². The third-order valence-corrected chi connectivity index (χ3v) is 0.855. The zero-order chi connectivity index (χ0) is 10.3. The van der Waals surface area contributed by atoms with E-state index in [1.165, 1.54) is 6.20 Å². The van der Waals surface area contributed by atoms with Crippen LogP contribution in [-0.4, -0.2) is 43.0 Å². The Hall–Kier alpha value is -1.67. The number of carboxylic acid groups (broad SMARTS) is 1. The average molecular weight is 190 g/mol. The largest absolute Gasteiger partial charge is 0.480 e. The summed E-state index contributed by atoms with van der Waals surface area (Å²) in [4.78, 5) is 10.2. The molecule has 5 N–H and O–H groups in total. The van der Waals surface area contributed by atoms with Crippen molar-refractivity contribution in [3.05, 3.63) is 11.9 Å². The number of hydrogen-bond acceptors (Lipinski definition) is 6. The van der Waals surface area contributed by atoms with Crippen molar-refractivity contribution in [1.82, 2.24) is 15.1 Å². The van der Waals surface area contributed by atoms with Crippen molar-refractivity contribution in [2.45, 2.75) is 6.61 Å². The Kier molecular flexibility index (Phi) is 5.15. The minimum Gasteiger partial charge on any atom is -0.480 e. The van der Waals surface area contributed by atoms with Gasteiger partial charge in [-0.15, -0.1) is 5.10 Å². The maximum atomic E-state index is 9.12. The van der Waals surface area contributed by atoms with E-state index in [0.29, 0.717) is 5.69 Å². The van der Waals surface area contributed by atoms with Crippen molar-refractivity contribution in [3.63, 3.8) is 0 Å². The Labute approximate surface area is 73.2 Å². The zero-order valence-corrected chi connectivity index (χ0v) is 6.66. The molecule has 0 spiro atoms. The number of nitrogen functional groups attached to an aromatic ring is 1. The molecule has 0 bridgehead atoms. The topological polar surface area (TPSA) is 134 Å². The number of aromatic nitrogens is 3. The summed E-state index contributed by atoms with van der Waals surface area (Å²) in [5, 5.41) is 30.2. The van der Waals surface area contributed by atoms with E-state index in [2.05, 4.69) is 10.3 Å². The molecule has 0 atom stereocenters. The smallest absolute Gasteiger partial charge is 0.329 e. The lowest BCUT2D eigenvalue weighted by Crippen LogP contribution is -2.07. The molecular weight excluding hydrogens is 180 g/mol. The van der Waals surface area contributed by atoms with E-state index < -0.39 is 12.6 Å². The summed E-state index contributed by atoms with van der Waals surface area (Å²) in [6.45, 7) is -0.892. The second-order valence-electron chi connectivity index (χ2n) is 1.90. The van der Waals surface area contributed by atoms with Crippen molar-refractivity contribution in [3.8, 4) is 0 Å².